The van der Waals surface area contributed by atoms with Gasteiger partial charge < -0.3 is 14.2 Å². The molecule has 0 saturated heterocycles. The van der Waals surface area contributed by atoms with Gasteiger partial charge in [-0.2, -0.15) is 4.98 Å². The van der Waals surface area contributed by atoms with E-state index in [2.05, 4.69) is 10.1 Å². The lowest BCUT2D eigenvalue weighted by atomic mass is 10.2. The first kappa shape index (κ1) is 22.3. The zero-order valence-corrected chi connectivity index (χ0v) is 18.5. The van der Waals surface area contributed by atoms with E-state index in [0.717, 1.165) is 16.1 Å². The molecule has 9 nitrogen and oxygen atoms in total. The highest BCUT2D eigenvalue weighted by atomic mass is 32.2. The number of ether oxygens (including phenoxy) is 1. The molecule has 0 fully saturated rings. The van der Waals surface area contributed by atoms with Crippen LogP contribution in [0.1, 0.15) is 12.8 Å². The molecule has 0 spiro atoms. The van der Waals surface area contributed by atoms with E-state index >= 15 is 0 Å². The third-order valence-electron chi connectivity index (χ3n) is 4.64. The zero-order chi connectivity index (χ0) is 22.6. The fourth-order valence-corrected chi connectivity index (χ4v) is 4.32. The third kappa shape index (κ3) is 5.21. The molecule has 3 rings (SSSR count). The summed E-state index contributed by atoms with van der Waals surface area (Å²) in [6.07, 6.45) is 1.07. The van der Waals surface area contributed by atoms with E-state index < -0.39 is 22.0 Å². The van der Waals surface area contributed by atoms with Crippen LogP contribution in [0.3, 0.4) is 0 Å². The SMILES string of the molecule is COc1ccc(-c2noc(CN(C)C(=O)[C@@H](C)N(c3ccccc3)S(C)(=O)=O)n2)cc1. The van der Waals surface area contributed by atoms with Gasteiger partial charge >= 0.3 is 0 Å². The molecule has 0 aliphatic heterocycles. The summed E-state index contributed by atoms with van der Waals surface area (Å²) in [6, 6.07) is 14.7. The standard InChI is InChI=1S/C21H24N4O5S/c1-15(25(31(4,27)28)17-8-6-5-7-9-17)21(26)24(2)14-19-22-20(23-30-19)16-10-12-18(29-3)13-11-16/h5-13,15H,14H2,1-4H3/t15-/m1/s1. The smallest absolute Gasteiger partial charge is 0.246 e. The molecule has 0 saturated carbocycles. The number of likely N-dealkylation sites (N-methyl/N-ethyl adjacent to an activating group) is 1. The number of carbonyl (C=O) groups excluding carboxylic acids is 1. The van der Waals surface area contributed by atoms with E-state index in [1.807, 2.05) is 0 Å². The van der Waals surface area contributed by atoms with Gasteiger partial charge in [0.15, 0.2) is 0 Å². The summed E-state index contributed by atoms with van der Waals surface area (Å²) in [6.45, 7) is 1.59. The Morgan fingerprint density at radius 2 is 1.77 bits per heavy atom. The van der Waals surface area contributed by atoms with Crippen LogP contribution in [0, 0.1) is 0 Å². The lowest BCUT2D eigenvalue weighted by Crippen LogP contribution is -2.48. The molecule has 1 heterocycles. The molecule has 0 radical (unpaired) electrons. The molecule has 164 valence electrons. The number of hydrogen-bond donors (Lipinski definition) is 0. The Kier molecular flexibility index (Phi) is 6.59. The van der Waals surface area contributed by atoms with Crippen molar-refractivity contribution in [2.24, 2.45) is 0 Å². The fraction of sp³-hybridized carbons (Fsp3) is 0.286. The highest BCUT2D eigenvalue weighted by Gasteiger charge is 2.31. The van der Waals surface area contributed by atoms with Crippen molar-refractivity contribution in [2.75, 3.05) is 24.7 Å². The number of anilines is 1. The zero-order valence-electron chi connectivity index (χ0n) is 17.7. The van der Waals surface area contributed by atoms with Crippen molar-refractivity contribution < 1.29 is 22.5 Å². The van der Waals surface area contributed by atoms with Crippen molar-refractivity contribution in [2.45, 2.75) is 19.5 Å². The largest absolute Gasteiger partial charge is 0.497 e. The van der Waals surface area contributed by atoms with Gasteiger partial charge in [0, 0.05) is 12.6 Å². The molecule has 0 aliphatic rings. The number of para-hydroxylation sites is 1. The maximum Gasteiger partial charge on any atom is 0.246 e. The molecule has 3 aromatic rings. The number of methoxy groups -OCH3 is 1. The predicted octanol–water partition coefficient (Wildman–Crippen LogP) is 2.56. The van der Waals surface area contributed by atoms with E-state index in [9.17, 15) is 13.2 Å². The first-order valence-electron chi connectivity index (χ1n) is 9.47. The molecule has 0 bridgehead atoms. The molecular formula is C21H24N4O5S. The van der Waals surface area contributed by atoms with Gasteiger partial charge in [0.2, 0.25) is 27.6 Å². The normalized spacial score (nSPS) is 12.3. The van der Waals surface area contributed by atoms with Gasteiger partial charge in [0.25, 0.3) is 0 Å². The van der Waals surface area contributed by atoms with Gasteiger partial charge in [-0.3, -0.25) is 9.10 Å². The van der Waals surface area contributed by atoms with Gasteiger partial charge in [0.1, 0.15) is 11.8 Å². The van der Waals surface area contributed by atoms with Crippen LogP contribution in [-0.4, -0.2) is 55.8 Å². The van der Waals surface area contributed by atoms with Crippen LogP contribution in [0.25, 0.3) is 11.4 Å². The maximum absolute atomic E-state index is 13.0. The number of hydrogen-bond acceptors (Lipinski definition) is 7. The third-order valence-corrected chi connectivity index (χ3v) is 5.88. The minimum atomic E-state index is -3.68. The molecule has 0 N–H and O–H groups in total. The Bertz CT molecular complexity index is 1130. The van der Waals surface area contributed by atoms with Crippen LogP contribution in [0.15, 0.2) is 59.1 Å². The fourth-order valence-electron chi connectivity index (χ4n) is 3.15. The van der Waals surface area contributed by atoms with Crippen molar-refractivity contribution in [3.63, 3.8) is 0 Å². The number of nitrogens with zero attached hydrogens (tertiary/aromatic N) is 4. The van der Waals surface area contributed by atoms with Crippen molar-refractivity contribution >= 4 is 21.6 Å². The molecule has 0 unspecified atom stereocenters. The van der Waals surface area contributed by atoms with E-state index in [-0.39, 0.29) is 12.4 Å². The van der Waals surface area contributed by atoms with E-state index in [1.54, 1.807) is 75.7 Å². The van der Waals surface area contributed by atoms with E-state index in [0.29, 0.717) is 17.3 Å². The Labute approximate surface area is 181 Å². The van der Waals surface area contributed by atoms with Crippen LogP contribution in [-0.2, 0) is 21.4 Å². The topological polar surface area (TPSA) is 106 Å². The second-order valence-electron chi connectivity index (χ2n) is 7.00. The summed E-state index contributed by atoms with van der Waals surface area (Å²) in [5.74, 6) is 0.923. The first-order chi connectivity index (χ1) is 14.7. The Balaban J connectivity index is 1.74. The van der Waals surface area contributed by atoms with E-state index in [1.165, 1.54) is 4.90 Å². The molecule has 1 aromatic heterocycles. The lowest BCUT2D eigenvalue weighted by Gasteiger charge is -2.30. The average molecular weight is 445 g/mol. The lowest BCUT2D eigenvalue weighted by molar-refractivity contribution is -0.131. The molecule has 0 aliphatic carbocycles. The molecule has 1 amide bonds. The number of benzene rings is 2. The van der Waals surface area contributed by atoms with E-state index in [4.69, 9.17) is 9.26 Å². The highest BCUT2D eigenvalue weighted by Crippen LogP contribution is 2.22. The number of sulfonamides is 1. The van der Waals surface area contributed by atoms with Gasteiger partial charge in [-0.1, -0.05) is 23.4 Å². The van der Waals surface area contributed by atoms with Gasteiger partial charge in [0.05, 0.1) is 25.6 Å². The van der Waals surface area contributed by atoms with Crippen LogP contribution in [0.4, 0.5) is 5.69 Å². The van der Waals surface area contributed by atoms with Crippen LogP contribution in [0.2, 0.25) is 0 Å². The van der Waals surface area contributed by atoms with Crippen LogP contribution in [0.5, 0.6) is 5.75 Å². The minimum absolute atomic E-state index is 0.0404. The number of rotatable bonds is 8. The van der Waals surface area contributed by atoms with Crippen LogP contribution >= 0.6 is 0 Å². The van der Waals surface area contributed by atoms with Gasteiger partial charge in [-0.25, -0.2) is 8.42 Å². The quantitative estimate of drug-likeness (QED) is 0.526. The monoisotopic (exact) mass is 444 g/mol. The molecule has 1 atom stereocenters. The number of amides is 1. The summed E-state index contributed by atoms with van der Waals surface area (Å²) in [7, 11) is -0.544. The molecule has 31 heavy (non-hydrogen) atoms. The average Bonchev–Trinajstić information content (AvgIpc) is 3.21. The predicted molar refractivity (Wildman–Crippen MR) is 116 cm³/mol. The van der Waals surface area contributed by atoms with Crippen molar-refractivity contribution in [1.82, 2.24) is 15.0 Å². The second-order valence-corrected chi connectivity index (χ2v) is 8.86. The minimum Gasteiger partial charge on any atom is -0.497 e. The summed E-state index contributed by atoms with van der Waals surface area (Å²) >= 11 is 0. The number of carbonyl (C=O) groups is 1. The summed E-state index contributed by atoms with van der Waals surface area (Å²) in [5.41, 5.74) is 1.16. The van der Waals surface area contributed by atoms with Crippen molar-refractivity contribution in [1.29, 1.82) is 0 Å². The molecule has 10 heteroatoms. The maximum atomic E-state index is 13.0. The molecule has 2 aromatic carbocycles. The summed E-state index contributed by atoms with van der Waals surface area (Å²) in [5, 5.41) is 3.95. The summed E-state index contributed by atoms with van der Waals surface area (Å²) < 4.78 is 36.2. The summed E-state index contributed by atoms with van der Waals surface area (Å²) in [4.78, 5) is 18.7. The van der Waals surface area contributed by atoms with Gasteiger partial charge in [-0.05, 0) is 43.3 Å². The van der Waals surface area contributed by atoms with Crippen molar-refractivity contribution in [3.05, 3.63) is 60.5 Å². The number of aromatic nitrogens is 2. The van der Waals surface area contributed by atoms with Crippen LogP contribution < -0.4 is 9.04 Å². The Morgan fingerprint density at radius 1 is 1.13 bits per heavy atom. The first-order valence-corrected chi connectivity index (χ1v) is 11.3. The Morgan fingerprint density at radius 3 is 2.35 bits per heavy atom. The second kappa shape index (κ2) is 9.17. The Hall–Kier alpha value is -3.40. The molecular weight excluding hydrogens is 420 g/mol. The van der Waals surface area contributed by atoms with Crippen molar-refractivity contribution in [3.8, 4) is 17.1 Å². The van der Waals surface area contributed by atoms with Gasteiger partial charge in [-0.15, -0.1) is 0 Å². The highest BCUT2D eigenvalue weighted by molar-refractivity contribution is 7.92.